The van der Waals surface area contributed by atoms with Gasteiger partial charge < -0.3 is 15.8 Å². The first-order valence-corrected chi connectivity index (χ1v) is 11.3. The van der Waals surface area contributed by atoms with Crippen molar-refractivity contribution in [2.45, 2.75) is 12.7 Å². The van der Waals surface area contributed by atoms with E-state index in [1.807, 2.05) is 13.0 Å². The molecule has 0 aliphatic carbocycles. The number of nitrogens with zero attached hydrogens (tertiary/aromatic N) is 3. The molecule has 2 aromatic carbocycles. The molecule has 0 fully saturated rings. The Kier molecular flexibility index (Phi) is 8.09. The quantitative estimate of drug-likeness (QED) is 0.450. The van der Waals surface area contributed by atoms with Crippen LogP contribution in [0.2, 0.25) is 0 Å². The van der Waals surface area contributed by atoms with Gasteiger partial charge in [0.05, 0.1) is 22.6 Å². The average Bonchev–Trinajstić information content (AvgIpc) is 2.70. The van der Waals surface area contributed by atoms with E-state index >= 15 is 0 Å². The van der Waals surface area contributed by atoms with Gasteiger partial charge in [-0.2, -0.15) is 5.26 Å². The van der Waals surface area contributed by atoms with Crippen molar-refractivity contribution in [3.63, 3.8) is 0 Å². The van der Waals surface area contributed by atoms with Crippen LogP contribution in [0.1, 0.15) is 16.7 Å². The Bertz CT molecular complexity index is 1260. The van der Waals surface area contributed by atoms with Gasteiger partial charge in [0.15, 0.2) is 5.83 Å². The zero-order valence-corrected chi connectivity index (χ0v) is 18.7. The summed E-state index contributed by atoms with van der Waals surface area (Å²) in [5, 5.41) is 11.6. The van der Waals surface area contributed by atoms with Crippen LogP contribution in [0.15, 0.2) is 70.2 Å². The minimum absolute atomic E-state index is 0.0684. The fourth-order valence-electron chi connectivity index (χ4n) is 2.96. The van der Waals surface area contributed by atoms with Crippen LogP contribution in [-0.2, 0) is 15.5 Å². The van der Waals surface area contributed by atoms with E-state index in [1.165, 1.54) is 19.4 Å². The normalized spacial score (nSPS) is 13.6. The molecule has 32 heavy (non-hydrogen) atoms. The van der Waals surface area contributed by atoms with Crippen LogP contribution >= 0.6 is 0 Å². The van der Waals surface area contributed by atoms with Gasteiger partial charge in [-0.15, -0.1) is 4.36 Å². The average molecular weight is 460 g/mol. The first-order valence-electron chi connectivity index (χ1n) is 9.23. The van der Waals surface area contributed by atoms with Crippen LogP contribution in [0.4, 0.5) is 14.5 Å². The summed E-state index contributed by atoms with van der Waals surface area (Å²) in [5.41, 5.74) is 7.42. The maximum atomic E-state index is 14.5. The van der Waals surface area contributed by atoms with Gasteiger partial charge in [-0.1, -0.05) is 12.6 Å². The Labute approximate surface area is 186 Å². The molecule has 0 saturated carbocycles. The van der Waals surface area contributed by atoms with E-state index in [2.05, 4.69) is 21.3 Å². The number of halogens is 2. The number of anilines is 1. The van der Waals surface area contributed by atoms with Gasteiger partial charge in [0.2, 0.25) is 6.19 Å². The summed E-state index contributed by atoms with van der Waals surface area (Å²) in [6.45, 7) is 5.64. The summed E-state index contributed by atoms with van der Waals surface area (Å²) in [4.78, 5) is 4.18. The SMILES string of the molecule is C=C(N=C(/C(F)=C\N)c1ccc(F)cc1OC)Nc1cc(C)cc(CS(C)(=O)=NC#N)c1. The topological polar surface area (TPSA) is 113 Å². The van der Waals surface area contributed by atoms with Gasteiger partial charge in [0, 0.05) is 29.8 Å². The molecular weight excluding hydrogens is 436 g/mol. The third-order valence-corrected chi connectivity index (χ3v) is 5.47. The van der Waals surface area contributed by atoms with E-state index < -0.39 is 21.4 Å². The molecule has 2 rings (SSSR count). The van der Waals surface area contributed by atoms with Crippen LogP contribution in [0, 0.1) is 24.2 Å². The van der Waals surface area contributed by atoms with Gasteiger partial charge in [0.25, 0.3) is 0 Å². The number of nitrogens with two attached hydrogens (primary N) is 1. The summed E-state index contributed by atoms with van der Waals surface area (Å²) in [6.07, 6.45) is 3.71. The molecule has 10 heteroatoms. The Balaban J connectivity index is 2.41. The summed E-state index contributed by atoms with van der Waals surface area (Å²) in [7, 11) is -1.38. The predicted molar refractivity (Wildman–Crippen MR) is 123 cm³/mol. The number of nitriles is 1. The van der Waals surface area contributed by atoms with Crippen molar-refractivity contribution >= 4 is 21.1 Å². The fraction of sp³-hybridized carbons (Fsp3) is 0.182. The second kappa shape index (κ2) is 10.5. The predicted octanol–water partition coefficient (Wildman–Crippen LogP) is 4.36. The molecule has 0 aliphatic rings. The minimum Gasteiger partial charge on any atom is -0.496 e. The molecule has 0 radical (unpaired) electrons. The van der Waals surface area contributed by atoms with Crippen LogP contribution in [-0.4, -0.2) is 23.3 Å². The van der Waals surface area contributed by atoms with E-state index in [0.717, 1.165) is 23.9 Å². The second-order valence-electron chi connectivity index (χ2n) is 6.89. The first-order chi connectivity index (χ1) is 15.1. The molecule has 0 spiro atoms. The molecule has 1 atom stereocenters. The van der Waals surface area contributed by atoms with Crippen molar-refractivity contribution in [2.24, 2.45) is 15.1 Å². The highest BCUT2D eigenvalue weighted by atomic mass is 32.2. The van der Waals surface area contributed by atoms with Crippen LogP contribution < -0.4 is 15.8 Å². The third kappa shape index (κ3) is 6.65. The lowest BCUT2D eigenvalue weighted by molar-refractivity contribution is 0.410. The lowest BCUT2D eigenvalue weighted by atomic mass is 10.1. The number of ether oxygens (including phenoxy) is 1. The third-order valence-electron chi connectivity index (χ3n) is 4.13. The van der Waals surface area contributed by atoms with Crippen LogP contribution in [0.25, 0.3) is 0 Å². The summed E-state index contributed by atoms with van der Waals surface area (Å²) in [6, 6.07) is 8.89. The van der Waals surface area contributed by atoms with Gasteiger partial charge in [-0.05, 0) is 42.3 Å². The first kappa shape index (κ1) is 24.6. The highest BCUT2D eigenvalue weighted by molar-refractivity contribution is 7.92. The van der Waals surface area contributed by atoms with Crippen molar-refractivity contribution in [2.75, 3.05) is 18.7 Å². The molecule has 168 valence electrons. The molecule has 0 aliphatic heterocycles. The molecular formula is C22H23F2N5O2S. The summed E-state index contributed by atoms with van der Waals surface area (Å²) >= 11 is 0. The Hall–Kier alpha value is -3.71. The van der Waals surface area contributed by atoms with Crippen molar-refractivity contribution in [1.82, 2.24) is 0 Å². The number of nitrogens with one attached hydrogen (secondary N) is 1. The number of hydrogen-bond donors (Lipinski definition) is 2. The van der Waals surface area contributed by atoms with Gasteiger partial charge in [0.1, 0.15) is 23.1 Å². The smallest absolute Gasteiger partial charge is 0.214 e. The van der Waals surface area contributed by atoms with Gasteiger partial charge in [-0.25, -0.2) is 18.0 Å². The van der Waals surface area contributed by atoms with E-state index in [1.54, 1.807) is 18.3 Å². The second-order valence-corrected chi connectivity index (χ2v) is 9.28. The lowest BCUT2D eigenvalue weighted by Gasteiger charge is -2.13. The molecule has 0 amide bonds. The molecule has 2 aromatic rings. The fourth-order valence-corrected chi connectivity index (χ4v) is 3.98. The maximum Gasteiger partial charge on any atom is 0.214 e. The van der Waals surface area contributed by atoms with Crippen LogP contribution in [0.5, 0.6) is 5.75 Å². The largest absolute Gasteiger partial charge is 0.496 e. The molecule has 3 N–H and O–H groups in total. The maximum absolute atomic E-state index is 14.5. The van der Waals surface area contributed by atoms with E-state index in [-0.39, 0.29) is 28.6 Å². The Morgan fingerprint density at radius 3 is 2.72 bits per heavy atom. The molecule has 0 aromatic heterocycles. The number of rotatable bonds is 8. The van der Waals surface area contributed by atoms with Crippen molar-refractivity contribution in [3.8, 4) is 11.9 Å². The zero-order valence-electron chi connectivity index (χ0n) is 17.9. The van der Waals surface area contributed by atoms with Gasteiger partial charge >= 0.3 is 0 Å². The number of aliphatic imine (C=N–C) groups is 1. The highest BCUT2D eigenvalue weighted by Gasteiger charge is 2.16. The molecule has 1 unspecified atom stereocenters. The summed E-state index contributed by atoms with van der Waals surface area (Å²) in [5.74, 6) is -1.19. The number of methoxy groups -OCH3 is 1. The van der Waals surface area contributed by atoms with E-state index in [4.69, 9.17) is 15.7 Å². The number of benzene rings is 2. The standard InChI is InChI=1S/C22H23F2N5O2S/c1-14-7-16(12-32(4,30)27-13-26)9-18(8-14)28-15(2)29-22(20(24)11-25)19-6-5-17(23)10-21(19)31-3/h5-11,28H,2,12,25H2,1,3-4H3/b20-11+,29-22?. The number of allylic oxidation sites excluding steroid dienone is 1. The van der Waals surface area contributed by atoms with Crippen molar-refractivity contribution in [3.05, 3.63) is 83.3 Å². The number of hydrogen-bond acceptors (Lipinski definition) is 7. The lowest BCUT2D eigenvalue weighted by Crippen LogP contribution is -2.09. The molecule has 7 nitrogen and oxygen atoms in total. The Morgan fingerprint density at radius 1 is 1.38 bits per heavy atom. The van der Waals surface area contributed by atoms with Crippen molar-refractivity contribution < 1.29 is 17.7 Å². The molecule has 0 saturated heterocycles. The Morgan fingerprint density at radius 2 is 2.09 bits per heavy atom. The summed E-state index contributed by atoms with van der Waals surface area (Å²) < 4.78 is 49.0. The van der Waals surface area contributed by atoms with Crippen LogP contribution in [0.3, 0.4) is 0 Å². The van der Waals surface area contributed by atoms with E-state index in [9.17, 15) is 13.0 Å². The monoisotopic (exact) mass is 459 g/mol. The number of aryl methyl sites for hydroxylation is 1. The minimum atomic E-state index is -2.71. The zero-order chi connectivity index (χ0) is 23.9. The molecule has 0 heterocycles. The van der Waals surface area contributed by atoms with Crippen molar-refractivity contribution in [1.29, 1.82) is 5.26 Å². The van der Waals surface area contributed by atoms with Gasteiger partial charge in [-0.3, -0.25) is 0 Å². The van der Waals surface area contributed by atoms with E-state index in [0.29, 0.717) is 11.3 Å². The highest BCUT2D eigenvalue weighted by Crippen LogP contribution is 2.25. The molecule has 0 bridgehead atoms.